The van der Waals surface area contributed by atoms with E-state index in [0.717, 1.165) is 19.1 Å². The number of ether oxygens (including phenoxy) is 1. The summed E-state index contributed by atoms with van der Waals surface area (Å²) in [7, 11) is 0. The summed E-state index contributed by atoms with van der Waals surface area (Å²) in [5, 5.41) is 0. The summed E-state index contributed by atoms with van der Waals surface area (Å²) in [5.41, 5.74) is 2.82. The normalized spacial score (nSPS) is 16.9. The van der Waals surface area contributed by atoms with Crippen molar-refractivity contribution in [2.45, 2.75) is 83.8 Å². The Bertz CT molecular complexity index is 661. The Morgan fingerprint density at radius 3 is 2.36 bits per heavy atom. The van der Waals surface area contributed by atoms with Gasteiger partial charge in [0.1, 0.15) is 6.10 Å². The highest BCUT2D eigenvalue weighted by Gasteiger charge is 2.21. The lowest BCUT2D eigenvalue weighted by Gasteiger charge is -2.21. The van der Waals surface area contributed by atoms with E-state index < -0.39 is 0 Å². The second kappa shape index (κ2) is 11.4. The summed E-state index contributed by atoms with van der Waals surface area (Å²) >= 11 is 0. The van der Waals surface area contributed by atoms with E-state index in [9.17, 15) is 0 Å². The van der Waals surface area contributed by atoms with Crippen molar-refractivity contribution in [2.24, 2.45) is 5.92 Å². The molecule has 28 heavy (non-hydrogen) atoms. The first-order valence-corrected chi connectivity index (χ1v) is 11.5. The highest BCUT2D eigenvalue weighted by Crippen LogP contribution is 2.34. The molecule has 2 nitrogen and oxygen atoms in total. The Labute approximate surface area is 171 Å². The molecule has 1 aromatic heterocycles. The van der Waals surface area contributed by atoms with Gasteiger partial charge < -0.3 is 4.74 Å². The number of rotatable bonds is 11. The first-order valence-electron chi connectivity index (χ1n) is 11.5. The molecule has 2 unspecified atom stereocenters. The van der Waals surface area contributed by atoms with Gasteiger partial charge in [-0.25, -0.2) is 4.57 Å². The van der Waals surface area contributed by atoms with Gasteiger partial charge in [0.15, 0.2) is 18.9 Å². The van der Waals surface area contributed by atoms with Gasteiger partial charge in [-0.3, -0.25) is 0 Å². The second-order valence-corrected chi connectivity index (χ2v) is 8.46. The average molecular weight is 381 g/mol. The van der Waals surface area contributed by atoms with Crippen LogP contribution in [0.4, 0.5) is 0 Å². The summed E-state index contributed by atoms with van der Waals surface area (Å²) < 4.78 is 8.77. The third-order valence-corrected chi connectivity index (χ3v) is 6.37. The summed E-state index contributed by atoms with van der Waals surface area (Å²) in [5.74, 6) is 1.44. The third-order valence-electron chi connectivity index (χ3n) is 6.37. The topological polar surface area (TPSA) is 13.1 Å². The van der Waals surface area contributed by atoms with Gasteiger partial charge in [0, 0.05) is 12.1 Å². The summed E-state index contributed by atoms with van der Waals surface area (Å²) in [6, 6.07) is 15.6. The predicted octanol–water partition coefficient (Wildman–Crippen LogP) is 6.61. The fraction of sp³-hybridized carbons (Fsp3) is 0.577. The maximum Gasteiger partial charge on any atom is 0.178 e. The van der Waals surface area contributed by atoms with Crippen LogP contribution in [-0.2, 0) is 11.3 Å². The van der Waals surface area contributed by atoms with Crippen molar-refractivity contribution >= 4 is 0 Å². The Hall–Kier alpha value is -1.67. The molecule has 1 aliphatic carbocycles. The zero-order valence-corrected chi connectivity index (χ0v) is 17.9. The molecule has 1 aromatic carbocycles. The molecule has 3 rings (SSSR count). The van der Waals surface area contributed by atoms with Crippen molar-refractivity contribution in [1.29, 1.82) is 0 Å². The summed E-state index contributed by atoms with van der Waals surface area (Å²) in [6.45, 7) is 6.29. The Morgan fingerprint density at radius 2 is 1.71 bits per heavy atom. The van der Waals surface area contributed by atoms with E-state index in [-0.39, 0.29) is 6.10 Å². The fourth-order valence-electron chi connectivity index (χ4n) is 4.39. The molecule has 1 heterocycles. The minimum Gasteiger partial charge on any atom is -0.367 e. The van der Waals surface area contributed by atoms with Gasteiger partial charge in [-0.2, -0.15) is 0 Å². The molecule has 2 aromatic rings. The molecule has 0 N–H and O–H groups in total. The number of nitrogens with zero attached hydrogens (tertiary/aromatic N) is 1. The quantitative estimate of drug-likeness (QED) is 0.400. The lowest BCUT2D eigenvalue weighted by atomic mass is 9.95. The second-order valence-electron chi connectivity index (χ2n) is 8.46. The molecule has 2 heteroatoms. The Balaban J connectivity index is 1.69. The van der Waals surface area contributed by atoms with E-state index in [2.05, 4.69) is 73.3 Å². The van der Waals surface area contributed by atoms with Crippen LogP contribution in [0, 0.1) is 5.92 Å². The molecule has 152 valence electrons. The number of pyridine rings is 1. The largest absolute Gasteiger partial charge is 0.367 e. The van der Waals surface area contributed by atoms with Crippen LogP contribution >= 0.6 is 0 Å². The molecule has 1 fully saturated rings. The van der Waals surface area contributed by atoms with Crippen LogP contribution in [0.2, 0.25) is 0 Å². The Kier molecular flexibility index (Phi) is 8.54. The van der Waals surface area contributed by atoms with Gasteiger partial charge in [-0.1, -0.05) is 76.3 Å². The van der Waals surface area contributed by atoms with Crippen LogP contribution in [0.25, 0.3) is 0 Å². The molecule has 0 aliphatic heterocycles. The van der Waals surface area contributed by atoms with Crippen LogP contribution < -0.4 is 4.57 Å². The number of aromatic nitrogens is 1. The average Bonchev–Trinajstić information content (AvgIpc) is 3.29. The van der Waals surface area contributed by atoms with Gasteiger partial charge in [0.2, 0.25) is 0 Å². The van der Waals surface area contributed by atoms with Gasteiger partial charge in [-0.05, 0) is 42.2 Å². The molecule has 1 aliphatic rings. The molecule has 0 amide bonds. The van der Waals surface area contributed by atoms with Crippen molar-refractivity contribution in [3.8, 4) is 0 Å². The predicted molar refractivity (Wildman–Crippen MR) is 116 cm³/mol. The van der Waals surface area contributed by atoms with Crippen LogP contribution in [0.3, 0.4) is 0 Å². The standard InChI is InChI=1S/C26H38NO/c1-3-5-11-22(4-2)21-28-26(20-27-18-9-6-10-19-27)25-16-14-24(15-17-25)23-12-7-8-13-23/h6,9-10,14-19,22-23,26H,3-5,7-8,11-13,20-21H2,1-2H3/q+1. The van der Waals surface area contributed by atoms with Gasteiger partial charge >= 0.3 is 0 Å². The minimum absolute atomic E-state index is 0.112. The molecule has 0 radical (unpaired) electrons. The highest BCUT2D eigenvalue weighted by atomic mass is 16.5. The van der Waals surface area contributed by atoms with Gasteiger partial charge in [0.05, 0.1) is 6.61 Å². The van der Waals surface area contributed by atoms with Crippen molar-refractivity contribution in [2.75, 3.05) is 6.61 Å². The third kappa shape index (κ3) is 6.17. The highest BCUT2D eigenvalue weighted by molar-refractivity contribution is 5.27. The molecule has 2 atom stereocenters. The van der Waals surface area contributed by atoms with Gasteiger partial charge in [0.25, 0.3) is 0 Å². The van der Waals surface area contributed by atoms with Crippen LogP contribution in [0.1, 0.15) is 88.4 Å². The monoisotopic (exact) mass is 380 g/mol. The van der Waals surface area contributed by atoms with Crippen LogP contribution in [0.5, 0.6) is 0 Å². The van der Waals surface area contributed by atoms with Crippen LogP contribution in [0.15, 0.2) is 54.9 Å². The van der Waals surface area contributed by atoms with E-state index in [1.54, 1.807) is 0 Å². The molecule has 0 spiro atoms. The van der Waals surface area contributed by atoms with Crippen LogP contribution in [-0.4, -0.2) is 6.61 Å². The Morgan fingerprint density at radius 1 is 1.00 bits per heavy atom. The van der Waals surface area contributed by atoms with Crippen molar-refractivity contribution in [1.82, 2.24) is 0 Å². The van der Waals surface area contributed by atoms with Crippen molar-refractivity contribution < 1.29 is 9.30 Å². The minimum atomic E-state index is 0.112. The fourth-order valence-corrected chi connectivity index (χ4v) is 4.39. The van der Waals surface area contributed by atoms with E-state index in [0.29, 0.717) is 5.92 Å². The van der Waals surface area contributed by atoms with Gasteiger partial charge in [-0.15, -0.1) is 0 Å². The molecule has 0 saturated heterocycles. The van der Waals surface area contributed by atoms with E-state index >= 15 is 0 Å². The lowest BCUT2D eigenvalue weighted by molar-refractivity contribution is -0.705. The summed E-state index contributed by atoms with van der Waals surface area (Å²) in [6.07, 6.45) is 14.9. The van der Waals surface area contributed by atoms with E-state index in [1.807, 2.05) is 0 Å². The zero-order valence-electron chi connectivity index (χ0n) is 17.9. The summed E-state index contributed by atoms with van der Waals surface area (Å²) in [4.78, 5) is 0. The molecule has 1 saturated carbocycles. The maximum absolute atomic E-state index is 6.53. The maximum atomic E-state index is 6.53. The zero-order chi connectivity index (χ0) is 19.6. The lowest BCUT2D eigenvalue weighted by Crippen LogP contribution is -2.37. The van der Waals surface area contributed by atoms with E-state index in [1.165, 1.54) is 62.5 Å². The number of hydrogen-bond donors (Lipinski definition) is 0. The smallest absolute Gasteiger partial charge is 0.178 e. The number of unbranched alkanes of at least 4 members (excludes halogenated alkanes) is 1. The van der Waals surface area contributed by atoms with Crippen molar-refractivity contribution in [3.63, 3.8) is 0 Å². The molecular weight excluding hydrogens is 342 g/mol. The number of benzene rings is 1. The number of hydrogen-bond acceptors (Lipinski definition) is 1. The first-order chi connectivity index (χ1) is 13.8. The van der Waals surface area contributed by atoms with Crippen molar-refractivity contribution in [3.05, 3.63) is 66.0 Å². The molecule has 0 bridgehead atoms. The van der Waals surface area contributed by atoms with E-state index in [4.69, 9.17) is 4.74 Å². The SMILES string of the molecule is CCCCC(CC)COC(C[n+]1ccccc1)c1ccc(C2CCCC2)cc1. The first kappa shape index (κ1) is 21.0. The molecular formula is C26H38NO+.